The number of methoxy groups -OCH3 is 1. The number of pyridine rings is 1. The molecule has 1 N–H and O–H groups in total. The van der Waals surface area contributed by atoms with Gasteiger partial charge in [0.15, 0.2) is 5.69 Å². The quantitative estimate of drug-likeness (QED) is 0.687. The molecule has 0 aliphatic heterocycles. The smallest absolute Gasteiger partial charge is 0.356 e. The molecule has 0 aromatic carbocycles. The summed E-state index contributed by atoms with van der Waals surface area (Å²) in [5.74, 6) is -1.46. The first-order valence-corrected chi connectivity index (χ1v) is 5.28. The lowest BCUT2D eigenvalue weighted by atomic mass is 10.1. The van der Waals surface area contributed by atoms with Crippen LogP contribution in [0.5, 0.6) is 5.75 Å². The van der Waals surface area contributed by atoms with Crippen LogP contribution in [0.2, 0.25) is 0 Å². The van der Waals surface area contributed by atoms with Gasteiger partial charge in [0.2, 0.25) is 0 Å². The van der Waals surface area contributed by atoms with Crippen molar-refractivity contribution in [2.75, 3.05) is 7.11 Å². The van der Waals surface area contributed by atoms with Gasteiger partial charge in [-0.2, -0.15) is 0 Å². The minimum Gasteiger partial charge on any atom is -0.506 e. The summed E-state index contributed by atoms with van der Waals surface area (Å²) in [6.07, 6.45) is -2.08. The summed E-state index contributed by atoms with van der Waals surface area (Å²) in [6, 6.07) is 0. The van der Waals surface area contributed by atoms with Gasteiger partial charge in [-0.25, -0.2) is 18.6 Å². The van der Waals surface area contributed by atoms with Gasteiger partial charge in [0, 0.05) is 10.9 Å². The molecule has 1 heterocycles. The zero-order valence-electron chi connectivity index (χ0n) is 8.21. The molecule has 0 bridgehead atoms. The monoisotopic (exact) mass is 295 g/mol. The summed E-state index contributed by atoms with van der Waals surface area (Å²) in [7, 11) is 1.12. The van der Waals surface area contributed by atoms with E-state index in [1.165, 1.54) is 0 Å². The molecule has 0 saturated carbocycles. The number of carbonyl (C=O) groups excluding carboxylic acids is 1. The summed E-state index contributed by atoms with van der Waals surface area (Å²) in [5, 5.41) is 9.23. The molecule has 7 heteroatoms. The lowest BCUT2D eigenvalue weighted by molar-refractivity contribution is 0.0592. The third kappa shape index (κ3) is 2.29. The Kier molecular flexibility index (Phi) is 4.17. The minimum absolute atomic E-state index is 0.0293. The Bertz CT molecular complexity index is 412. The highest BCUT2D eigenvalue weighted by molar-refractivity contribution is 9.08. The maximum atomic E-state index is 12.7. The highest BCUT2D eigenvalue weighted by Gasteiger charge is 2.24. The molecule has 16 heavy (non-hydrogen) atoms. The van der Waals surface area contributed by atoms with Crippen LogP contribution in [-0.4, -0.2) is 23.2 Å². The number of ether oxygens (including phenoxy) is 1. The molecule has 0 aliphatic carbocycles. The average molecular weight is 296 g/mol. The third-order valence-electron chi connectivity index (χ3n) is 1.93. The van der Waals surface area contributed by atoms with Crippen LogP contribution in [0, 0.1) is 0 Å². The van der Waals surface area contributed by atoms with Crippen molar-refractivity contribution in [3.63, 3.8) is 0 Å². The maximum absolute atomic E-state index is 12.7. The summed E-state index contributed by atoms with van der Waals surface area (Å²) in [6.45, 7) is 0. The number of aromatic nitrogens is 1. The Balaban J connectivity index is 3.42. The molecule has 0 radical (unpaired) electrons. The number of alkyl halides is 3. The molecule has 0 atom stereocenters. The number of hydrogen-bond acceptors (Lipinski definition) is 4. The van der Waals surface area contributed by atoms with Gasteiger partial charge >= 0.3 is 5.97 Å². The second-order valence-corrected chi connectivity index (χ2v) is 3.37. The summed E-state index contributed by atoms with van der Waals surface area (Å²) in [5.41, 5.74) is -0.901. The van der Waals surface area contributed by atoms with Crippen LogP contribution < -0.4 is 0 Å². The first kappa shape index (κ1) is 12.8. The lowest BCUT2D eigenvalue weighted by Gasteiger charge is -2.11. The van der Waals surface area contributed by atoms with Gasteiger partial charge in [0.05, 0.1) is 18.9 Å². The van der Waals surface area contributed by atoms with E-state index in [-0.39, 0.29) is 16.6 Å². The van der Waals surface area contributed by atoms with Gasteiger partial charge in [-0.15, -0.1) is 0 Å². The van der Waals surface area contributed by atoms with Crippen LogP contribution in [0.25, 0.3) is 0 Å². The molecule has 4 nitrogen and oxygen atoms in total. The van der Waals surface area contributed by atoms with Crippen molar-refractivity contribution in [2.24, 2.45) is 0 Å². The predicted octanol–water partition coefficient (Wildman–Crippen LogP) is 2.41. The second-order valence-electron chi connectivity index (χ2n) is 2.81. The molecule has 0 amide bonds. The van der Waals surface area contributed by atoms with Gasteiger partial charge in [-0.05, 0) is 0 Å². The number of esters is 1. The van der Waals surface area contributed by atoms with Crippen molar-refractivity contribution in [3.8, 4) is 5.75 Å². The van der Waals surface area contributed by atoms with E-state index in [2.05, 4.69) is 25.7 Å². The largest absolute Gasteiger partial charge is 0.506 e. The topological polar surface area (TPSA) is 59.4 Å². The standard InChI is InChI=1S/C9H8BrF2NO3/c1-16-9(15)7-4(2-10)6(8(11)12)5(14)3-13-7/h3,8,14H,2H2,1H3. The van der Waals surface area contributed by atoms with Crippen molar-refractivity contribution in [1.29, 1.82) is 0 Å². The Labute approximate surface area is 98.4 Å². The Morgan fingerprint density at radius 2 is 2.31 bits per heavy atom. The molecule has 1 aromatic rings. The normalized spacial score (nSPS) is 10.6. The minimum atomic E-state index is -2.89. The van der Waals surface area contributed by atoms with Gasteiger partial charge in [0.1, 0.15) is 5.75 Å². The van der Waals surface area contributed by atoms with Crippen LogP contribution in [0.3, 0.4) is 0 Å². The Hall–Kier alpha value is -1.24. The van der Waals surface area contributed by atoms with E-state index in [0.29, 0.717) is 0 Å². The third-order valence-corrected chi connectivity index (χ3v) is 2.49. The number of hydrogen-bond donors (Lipinski definition) is 1. The zero-order chi connectivity index (χ0) is 12.3. The fourth-order valence-corrected chi connectivity index (χ4v) is 1.77. The average Bonchev–Trinajstić information content (AvgIpc) is 2.26. The molecule has 0 saturated heterocycles. The van der Waals surface area contributed by atoms with Crippen molar-refractivity contribution < 1.29 is 23.4 Å². The first-order chi connectivity index (χ1) is 7.52. The molecule has 0 unspecified atom stereocenters. The van der Waals surface area contributed by atoms with E-state index in [0.717, 1.165) is 13.3 Å². The van der Waals surface area contributed by atoms with Crippen LogP contribution in [0.4, 0.5) is 8.78 Å². The SMILES string of the molecule is COC(=O)c1ncc(O)c(C(F)F)c1CBr. The number of carbonyl (C=O) groups is 1. The van der Waals surface area contributed by atoms with Crippen molar-refractivity contribution in [1.82, 2.24) is 4.98 Å². The zero-order valence-corrected chi connectivity index (χ0v) is 9.79. The molecule has 0 spiro atoms. The van der Waals surface area contributed by atoms with Gasteiger partial charge in [0.25, 0.3) is 6.43 Å². The van der Waals surface area contributed by atoms with Crippen molar-refractivity contribution in [3.05, 3.63) is 23.0 Å². The van der Waals surface area contributed by atoms with Gasteiger partial charge in [-0.3, -0.25) is 0 Å². The number of aromatic hydroxyl groups is 1. The van der Waals surface area contributed by atoms with Crippen molar-refractivity contribution in [2.45, 2.75) is 11.8 Å². The van der Waals surface area contributed by atoms with Gasteiger partial charge in [-0.1, -0.05) is 15.9 Å². The van der Waals surface area contributed by atoms with Crippen LogP contribution >= 0.6 is 15.9 Å². The highest BCUT2D eigenvalue weighted by atomic mass is 79.9. The first-order valence-electron chi connectivity index (χ1n) is 4.16. The molecule has 88 valence electrons. The number of nitrogens with zero attached hydrogens (tertiary/aromatic N) is 1. The summed E-state index contributed by atoms with van der Waals surface area (Å²) >= 11 is 2.97. The predicted molar refractivity (Wildman–Crippen MR) is 54.8 cm³/mol. The molecule has 1 aromatic heterocycles. The van der Waals surface area contributed by atoms with Crippen LogP contribution in [0.1, 0.15) is 28.0 Å². The van der Waals surface area contributed by atoms with E-state index in [9.17, 15) is 18.7 Å². The fraction of sp³-hybridized carbons (Fsp3) is 0.333. The van der Waals surface area contributed by atoms with Crippen LogP contribution in [-0.2, 0) is 10.1 Å². The van der Waals surface area contributed by atoms with E-state index in [1.807, 2.05) is 0 Å². The van der Waals surface area contributed by atoms with E-state index in [4.69, 9.17) is 0 Å². The number of rotatable bonds is 3. The summed E-state index contributed by atoms with van der Waals surface area (Å²) in [4.78, 5) is 14.8. The molecular weight excluding hydrogens is 288 g/mol. The van der Waals surface area contributed by atoms with Crippen molar-refractivity contribution >= 4 is 21.9 Å². The van der Waals surface area contributed by atoms with E-state index >= 15 is 0 Å². The fourth-order valence-electron chi connectivity index (χ4n) is 1.21. The van der Waals surface area contributed by atoms with E-state index in [1.54, 1.807) is 0 Å². The molecule has 0 fully saturated rings. The Morgan fingerprint density at radius 1 is 1.69 bits per heavy atom. The molecule has 1 rings (SSSR count). The highest BCUT2D eigenvalue weighted by Crippen LogP contribution is 2.33. The van der Waals surface area contributed by atoms with Gasteiger partial charge < -0.3 is 9.84 Å². The lowest BCUT2D eigenvalue weighted by Crippen LogP contribution is -2.10. The summed E-state index contributed by atoms with van der Waals surface area (Å²) < 4.78 is 29.7. The van der Waals surface area contributed by atoms with Crippen LogP contribution in [0.15, 0.2) is 6.20 Å². The number of halogens is 3. The second kappa shape index (κ2) is 5.20. The molecule has 0 aliphatic rings. The molecular formula is C9H8BrF2NO3. The maximum Gasteiger partial charge on any atom is 0.356 e. The Morgan fingerprint density at radius 3 is 2.75 bits per heavy atom. The van der Waals surface area contributed by atoms with E-state index < -0.39 is 23.7 Å².